The average molecular weight is 316 g/mol. The molecule has 0 fully saturated rings. The minimum Gasteiger partial charge on any atom is -0.347 e. The molecule has 0 spiro atoms. The maximum absolute atomic E-state index is 13.9. The highest BCUT2D eigenvalue weighted by Crippen LogP contribution is 2.52. The van der Waals surface area contributed by atoms with E-state index in [4.69, 9.17) is 0 Å². The van der Waals surface area contributed by atoms with Crippen LogP contribution in [0.3, 0.4) is 0 Å². The third-order valence-electron chi connectivity index (χ3n) is 3.47. The first-order valence-corrected chi connectivity index (χ1v) is 5.80. The zero-order chi connectivity index (χ0) is 16.2. The van der Waals surface area contributed by atoms with E-state index in [2.05, 4.69) is 0 Å². The molecule has 0 saturated heterocycles. The number of benzene rings is 1. The molecule has 1 aromatic rings. The van der Waals surface area contributed by atoms with Crippen molar-refractivity contribution in [1.82, 2.24) is 0 Å². The third-order valence-corrected chi connectivity index (χ3v) is 3.47. The molecule has 1 aromatic carbocycles. The molecule has 2 nitrogen and oxygen atoms in total. The summed E-state index contributed by atoms with van der Waals surface area (Å²) in [6.07, 6.45) is -8.78. The van der Waals surface area contributed by atoms with Crippen molar-refractivity contribution >= 4 is 11.4 Å². The lowest BCUT2D eigenvalue weighted by molar-refractivity contribution is -0.358. The number of nitrogens with zero attached hydrogens (tertiary/aromatic N) is 2. The van der Waals surface area contributed by atoms with Crippen LogP contribution >= 0.6 is 0 Å². The van der Waals surface area contributed by atoms with Crippen molar-refractivity contribution in [2.75, 3.05) is 23.9 Å². The Morgan fingerprint density at radius 2 is 1.19 bits per heavy atom. The molecule has 0 saturated carbocycles. The van der Waals surface area contributed by atoms with Crippen LogP contribution in [0.25, 0.3) is 0 Å². The Balaban J connectivity index is 2.48. The Kier molecular flexibility index (Phi) is 3.30. The van der Waals surface area contributed by atoms with E-state index in [0.29, 0.717) is 0 Å². The van der Waals surface area contributed by atoms with Gasteiger partial charge in [0.1, 0.15) is 0 Å². The van der Waals surface area contributed by atoms with Gasteiger partial charge in [-0.2, -0.15) is 30.7 Å². The van der Waals surface area contributed by atoms with Crippen LogP contribution in [0.5, 0.6) is 0 Å². The summed E-state index contributed by atoms with van der Waals surface area (Å²) in [5.74, 6) is -11.5. The summed E-state index contributed by atoms with van der Waals surface area (Å²) >= 11 is 0. The molecule has 0 unspecified atom stereocenters. The van der Waals surface area contributed by atoms with Gasteiger partial charge in [-0.1, -0.05) is 12.1 Å². The number of rotatable bonds is 2. The quantitative estimate of drug-likeness (QED) is 0.767. The highest BCUT2D eigenvalue weighted by atomic mass is 19.4. The van der Waals surface area contributed by atoms with Gasteiger partial charge in [0, 0.05) is 14.1 Å². The second-order valence-electron chi connectivity index (χ2n) is 4.78. The fourth-order valence-electron chi connectivity index (χ4n) is 2.42. The minimum atomic E-state index is -6.34. The lowest BCUT2D eigenvalue weighted by atomic mass is 10.1. The number of hydrogen-bond acceptors (Lipinski definition) is 2. The van der Waals surface area contributed by atoms with Crippen molar-refractivity contribution in [1.29, 1.82) is 0 Å². The van der Waals surface area contributed by atoms with Gasteiger partial charge in [-0.05, 0) is 12.1 Å². The largest absolute Gasteiger partial charge is 0.460 e. The molecule has 2 rings (SSSR count). The molecule has 9 heteroatoms. The van der Waals surface area contributed by atoms with Gasteiger partial charge in [-0.15, -0.1) is 0 Å². The molecular weight excluding hydrogens is 305 g/mol. The summed E-state index contributed by atoms with van der Waals surface area (Å²) in [7, 11) is 2.10. The van der Waals surface area contributed by atoms with Crippen LogP contribution in [-0.2, 0) is 0 Å². The highest BCUT2D eigenvalue weighted by molar-refractivity contribution is 5.77. The van der Waals surface area contributed by atoms with Gasteiger partial charge in [-0.25, -0.2) is 0 Å². The number of fused-ring (bicyclic) bond motifs is 1. The Morgan fingerprint density at radius 3 is 1.52 bits per heavy atom. The SMILES string of the molecule is CN1c2ccccc2N(C)C1C(F)(F)C(F)(F)C(F)(F)F. The lowest BCUT2D eigenvalue weighted by Crippen LogP contribution is -2.65. The van der Waals surface area contributed by atoms with E-state index in [0.717, 1.165) is 23.9 Å². The Bertz CT molecular complexity index is 512. The van der Waals surface area contributed by atoms with E-state index in [1.54, 1.807) is 0 Å². The van der Waals surface area contributed by atoms with E-state index < -0.39 is 24.2 Å². The highest BCUT2D eigenvalue weighted by Gasteiger charge is 2.77. The van der Waals surface area contributed by atoms with Crippen molar-refractivity contribution in [2.24, 2.45) is 0 Å². The van der Waals surface area contributed by atoms with E-state index in [1.165, 1.54) is 24.3 Å². The molecule has 21 heavy (non-hydrogen) atoms. The minimum absolute atomic E-state index is 0.155. The van der Waals surface area contributed by atoms with Gasteiger partial charge in [0.15, 0.2) is 6.17 Å². The van der Waals surface area contributed by atoms with Crippen LogP contribution in [0.1, 0.15) is 0 Å². The molecule has 0 aromatic heterocycles. The van der Waals surface area contributed by atoms with Crippen LogP contribution in [0, 0.1) is 0 Å². The Hall–Kier alpha value is -1.67. The smallest absolute Gasteiger partial charge is 0.347 e. The molecular formula is C12H11F7N2. The molecule has 0 bridgehead atoms. The molecule has 0 atom stereocenters. The second kappa shape index (κ2) is 4.41. The van der Waals surface area contributed by atoms with Gasteiger partial charge >= 0.3 is 18.0 Å². The summed E-state index contributed by atoms with van der Waals surface area (Å²) in [5.41, 5.74) is 0.310. The number of anilines is 2. The van der Waals surface area contributed by atoms with Gasteiger partial charge in [-0.3, -0.25) is 0 Å². The third kappa shape index (κ3) is 2.01. The summed E-state index contributed by atoms with van der Waals surface area (Å²) in [5, 5.41) is 0. The number of para-hydroxylation sites is 2. The molecule has 0 amide bonds. The summed E-state index contributed by atoms with van der Waals surface area (Å²) in [4.78, 5) is 1.43. The van der Waals surface area contributed by atoms with E-state index in [9.17, 15) is 30.7 Å². The average Bonchev–Trinajstić information content (AvgIpc) is 2.61. The molecule has 0 N–H and O–H groups in total. The maximum Gasteiger partial charge on any atom is 0.460 e. The first kappa shape index (κ1) is 15.7. The van der Waals surface area contributed by atoms with Crippen molar-refractivity contribution in [3.05, 3.63) is 24.3 Å². The predicted molar refractivity (Wildman–Crippen MR) is 63.0 cm³/mol. The molecule has 1 aliphatic rings. The molecule has 1 heterocycles. The van der Waals surface area contributed by atoms with Crippen LogP contribution in [0.4, 0.5) is 42.1 Å². The van der Waals surface area contributed by atoms with Crippen molar-refractivity contribution < 1.29 is 30.7 Å². The van der Waals surface area contributed by atoms with Crippen LogP contribution in [0.2, 0.25) is 0 Å². The topological polar surface area (TPSA) is 6.48 Å². The van der Waals surface area contributed by atoms with Gasteiger partial charge in [0.25, 0.3) is 0 Å². The van der Waals surface area contributed by atoms with E-state index >= 15 is 0 Å². The van der Waals surface area contributed by atoms with Gasteiger partial charge in [0.05, 0.1) is 11.4 Å². The molecule has 0 aliphatic carbocycles. The first-order valence-electron chi connectivity index (χ1n) is 5.80. The molecule has 118 valence electrons. The van der Waals surface area contributed by atoms with Crippen molar-refractivity contribution in [3.63, 3.8) is 0 Å². The second-order valence-corrected chi connectivity index (χ2v) is 4.78. The summed E-state index contributed by atoms with van der Waals surface area (Å²) in [6, 6.07) is 5.69. The normalized spacial score (nSPS) is 17.4. The van der Waals surface area contributed by atoms with Crippen molar-refractivity contribution in [3.8, 4) is 0 Å². The fourth-order valence-corrected chi connectivity index (χ4v) is 2.42. The molecule has 0 radical (unpaired) electrons. The summed E-state index contributed by atoms with van der Waals surface area (Å²) < 4.78 is 91.1. The van der Waals surface area contributed by atoms with Crippen LogP contribution < -0.4 is 9.80 Å². The number of hydrogen-bond donors (Lipinski definition) is 0. The van der Waals surface area contributed by atoms with Gasteiger partial charge in [0.2, 0.25) is 0 Å². The molecule has 1 aliphatic heterocycles. The van der Waals surface area contributed by atoms with Gasteiger partial charge < -0.3 is 9.80 Å². The zero-order valence-electron chi connectivity index (χ0n) is 10.9. The number of alkyl halides is 7. The monoisotopic (exact) mass is 316 g/mol. The lowest BCUT2D eigenvalue weighted by Gasteiger charge is -2.38. The number of halogens is 7. The van der Waals surface area contributed by atoms with E-state index in [-0.39, 0.29) is 11.4 Å². The van der Waals surface area contributed by atoms with E-state index in [1.807, 2.05) is 0 Å². The predicted octanol–water partition coefficient (Wildman–Crippen LogP) is 3.73. The maximum atomic E-state index is 13.9. The fraction of sp³-hybridized carbons (Fsp3) is 0.500. The first-order chi connectivity index (χ1) is 9.43. The summed E-state index contributed by atoms with van der Waals surface area (Å²) in [6.45, 7) is 0. The van der Waals surface area contributed by atoms with Crippen LogP contribution in [-0.4, -0.2) is 38.3 Å². The van der Waals surface area contributed by atoms with Crippen molar-refractivity contribution in [2.45, 2.75) is 24.2 Å². The van der Waals surface area contributed by atoms with Crippen LogP contribution in [0.15, 0.2) is 24.3 Å². The Morgan fingerprint density at radius 1 is 0.810 bits per heavy atom. The standard InChI is InChI=1S/C12H11F7N2/c1-20-7-5-3-4-6-8(7)21(2)9(20)10(13,14)11(15,16)12(17,18)19/h3-6,9H,1-2H3. The zero-order valence-corrected chi connectivity index (χ0v) is 10.9. The Labute approximate surface area is 115 Å².